The van der Waals surface area contributed by atoms with Crippen LogP contribution in [0.1, 0.15) is 49.7 Å². The van der Waals surface area contributed by atoms with Crippen LogP contribution in [0.15, 0.2) is 24.3 Å². The lowest BCUT2D eigenvalue weighted by molar-refractivity contribution is -0.139. The molecule has 0 bridgehead atoms. The van der Waals surface area contributed by atoms with Crippen LogP contribution in [0, 0.1) is 11.8 Å². The molecule has 2 aliphatic heterocycles. The van der Waals surface area contributed by atoms with E-state index in [1.165, 1.54) is 11.1 Å². The molecule has 2 heterocycles. The van der Waals surface area contributed by atoms with Gasteiger partial charge in [-0.1, -0.05) is 24.3 Å². The number of Topliss-reactive ketones (excluding diaryl/α,β-unsaturated/α-hetero) is 1. The third-order valence-electron chi connectivity index (χ3n) is 6.89. The zero-order valence-electron chi connectivity index (χ0n) is 16.8. The maximum atomic E-state index is 13.1. The summed E-state index contributed by atoms with van der Waals surface area (Å²) in [5.41, 5.74) is 2.90. The second-order valence-electron chi connectivity index (χ2n) is 8.75. The fourth-order valence-corrected chi connectivity index (χ4v) is 5.69. The molecule has 4 rings (SSSR count). The maximum absolute atomic E-state index is 13.1. The number of thiol groups is 1. The summed E-state index contributed by atoms with van der Waals surface area (Å²) in [5.74, 6) is 0.411. The SMILES string of the molecule is O=C(S)[C@H]1NCCC1C(=O)[C@@H]1CCCN1C(=O)CCCC1Cc2ccccc2C1. The van der Waals surface area contributed by atoms with E-state index in [1.807, 2.05) is 0 Å². The number of benzene rings is 1. The number of ketones is 1. The van der Waals surface area contributed by atoms with Crippen molar-refractivity contribution < 1.29 is 14.4 Å². The number of rotatable bonds is 7. The van der Waals surface area contributed by atoms with E-state index >= 15 is 0 Å². The Labute approximate surface area is 178 Å². The third kappa shape index (κ3) is 4.43. The molecule has 6 heteroatoms. The Morgan fingerprint density at radius 3 is 2.52 bits per heavy atom. The standard InChI is InChI=1S/C23H30N2O3S/c26-20(9-3-5-15-13-16-6-1-2-7-17(16)14-15)25-12-4-8-19(25)22(27)18-10-11-24-21(18)23(28)29/h1-2,6-7,15,18-19,21,24H,3-5,8-14H2,(H,28,29)/t18?,19-,21-/m0/s1. The molecule has 1 aromatic rings. The van der Waals surface area contributed by atoms with Gasteiger partial charge in [-0.05, 0) is 68.5 Å². The van der Waals surface area contributed by atoms with E-state index in [0.717, 1.165) is 32.1 Å². The number of nitrogens with one attached hydrogen (secondary N) is 1. The molecule has 29 heavy (non-hydrogen) atoms. The fourth-order valence-electron chi connectivity index (χ4n) is 5.42. The summed E-state index contributed by atoms with van der Waals surface area (Å²) >= 11 is 3.93. The number of likely N-dealkylation sites (tertiary alicyclic amines) is 1. The Balaban J connectivity index is 1.28. The van der Waals surface area contributed by atoms with Crippen molar-refractivity contribution in [3.05, 3.63) is 35.4 Å². The molecule has 0 aromatic heterocycles. The molecular weight excluding hydrogens is 384 g/mol. The Kier molecular flexibility index (Phi) is 6.40. The van der Waals surface area contributed by atoms with Crippen molar-refractivity contribution in [3.8, 4) is 0 Å². The molecule has 1 aliphatic carbocycles. The smallest absolute Gasteiger partial charge is 0.223 e. The highest BCUT2D eigenvalue weighted by molar-refractivity contribution is 7.96. The van der Waals surface area contributed by atoms with Gasteiger partial charge in [0.15, 0.2) is 5.78 Å². The number of amides is 1. The van der Waals surface area contributed by atoms with Crippen LogP contribution in [0.5, 0.6) is 0 Å². The van der Waals surface area contributed by atoms with Gasteiger partial charge in [0.1, 0.15) is 0 Å². The lowest BCUT2D eigenvalue weighted by atomic mass is 9.90. The zero-order chi connectivity index (χ0) is 20.4. The minimum Gasteiger partial charge on any atom is -0.333 e. The zero-order valence-corrected chi connectivity index (χ0v) is 17.7. The van der Waals surface area contributed by atoms with E-state index in [0.29, 0.717) is 38.3 Å². The minimum atomic E-state index is -0.507. The Morgan fingerprint density at radius 1 is 1.10 bits per heavy atom. The highest BCUT2D eigenvalue weighted by Gasteiger charge is 2.43. The monoisotopic (exact) mass is 414 g/mol. The molecule has 1 unspecified atom stereocenters. The van der Waals surface area contributed by atoms with Gasteiger partial charge >= 0.3 is 0 Å². The van der Waals surface area contributed by atoms with E-state index in [-0.39, 0.29) is 28.8 Å². The molecule has 156 valence electrons. The van der Waals surface area contributed by atoms with E-state index < -0.39 is 6.04 Å². The van der Waals surface area contributed by atoms with Crippen molar-refractivity contribution >= 4 is 29.4 Å². The molecule has 0 spiro atoms. The van der Waals surface area contributed by atoms with Gasteiger partial charge in [0.05, 0.1) is 12.1 Å². The molecule has 5 nitrogen and oxygen atoms in total. The van der Waals surface area contributed by atoms with Crippen LogP contribution in [-0.4, -0.2) is 46.9 Å². The predicted molar refractivity (Wildman–Crippen MR) is 115 cm³/mol. The topological polar surface area (TPSA) is 66.5 Å². The van der Waals surface area contributed by atoms with E-state index in [4.69, 9.17) is 0 Å². The van der Waals surface area contributed by atoms with Gasteiger partial charge in [0, 0.05) is 18.9 Å². The highest BCUT2D eigenvalue weighted by atomic mass is 32.1. The normalized spacial score (nSPS) is 26.7. The molecular formula is C23H30N2O3S. The summed E-state index contributed by atoms with van der Waals surface area (Å²) in [5, 5.41) is 2.79. The second kappa shape index (κ2) is 9.00. The fraction of sp³-hybridized carbons (Fsp3) is 0.609. The largest absolute Gasteiger partial charge is 0.333 e. The molecule has 1 aromatic carbocycles. The van der Waals surface area contributed by atoms with Gasteiger partial charge in [-0.3, -0.25) is 14.4 Å². The first-order valence-electron chi connectivity index (χ1n) is 10.9. The minimum absolute atomic E-state index is 0.0412. The van der Waals surface area contributed by atoms with Gasteiger partial charge in [-0.25, -0.2) is 0 Å². The second-order valence-corrected chi connectivity index (χ2v) is 9.19. The predicted octanol–water partition coefficient (Wildman–Crippen LogP) is 2.57. The summed E-state index contributed by atoms with van der Waals surface area (Å²) in [6.07, 6.45) is 6.89. The quantitative estimate of drug-likeness (QED) is 0.673. The molecule has 0 radical (unpaired) electrons. The Bertz CT molecular complexity index is 771. The molecule has 1 N–H and O–H groups in total. The van der Waals surface area contributed by atoms with Crippen LogP contribution < -0.4 is 5.32 Å². The summed E-state index contributed by atoms with van der Waals surface area (Å²) < 4.78 is 0. The van der Waals surface area contributed by atoms with Gasteiger partial charge in [0.2, 0.25) is 11.0 Å². The van der Waals surface area contributed by atoms with Crippen LogP contribution in [-0.2, 0) is 27.2 Å². The average Bonchev–Trinajstić information content (AvgIpc) is 3.45. The van der Waals surface area contributed by atoms with Gasteiger partial charge in [-0.15, -0.1) is 12.6 Å². The van der Waals surface area contributed by atoms with Crippen molar-refractivity contribution in [2.45, 2.75) is 63.5 Å². The van der Waals surface area contributed by atoms with Crippen molar-refractivity contribution in [2.24, 2.45) is 11.8 Å². The van der Waals surface area contributed by atoms with Crippen LogP contribution in [0.3, 0.4) is 0 Å². The maximum Gasteiger partial charge on any atom is 0.223 e. The first-order valence-corrected chi connectivity index (χ1v) is 11.4. The molecule has 2 fully saturated rings. The highest BCUT2D eigenvalue weighted by Crippen LogP contribution is 2.31. The molecule has 1 amide bonds. The van der Waals surface area contributed by atoms with Crippen LogP contribution in [0.25, 0.3) is 0 Å². The van der Waals surface area contributed by atoms with Crippen molar-refractivity contribution in [3.63, 3.8) is 0 Å². The van der Waals surface area contributed by atoms with Gasteiger partial charge in [0.25, 0.3) is 0 Å². The third-order valence-corrected chi connectivity index (χ3v) is 7.17. The summed E-state index contributed by atoms with van der Waals surface area (Å²) in [6, 6.07) is 7.75. The molecule has 2 saturated heterocycles. The van der Waals surface area contributed by atoms with Gasteiger partial charge in [-0.2, -0.15) is 0 Å². The first-order chi connectivity index (χ1) is 14.0. The first kappa shape index (κ1) is 20.6. The number of hydrogen-bond donors (Lipinski definition) is 2. The van der Waals surface area contributed by atoms with Crippen LogP contribution >= 0.6 is 12.6 Å². The summed E-state index contributed by atoms with van der Waals surface area (Å²) in [4.78, 5) is 39.4. The van der Waals surface area contributed by atoms with E-state index in [1.54, 1.807) is 4.90 Å². The van der Waals surface area contributed by atoms with Crippen molar-refractivity contribution in [1.82, 2.24) is 10.2 Å². The molecule has 0 saturated carbocycles. The van der Waals surface area contributed by atoms with E-state index in [9.17, 15) is 14.4 Å². The summed E-state index contributed by atoms with van der Waals surface area (Å²) in [6.45, 7) is 1.31. The number of carbonyl (C=O) groups is 3. The van der Waals surface area contributed by atoms with Crippen molar-refractivity contribution in [1.29, 1.82) is 0 Å². The Morgan fingerprint density at radius 2 is 1.83 bits per heavy atom. The lowest BCUT2D eigenvalue weighted by Gasteiger charge is -2.27. The van der Waals surface area contributed by atoms with E-state index in [2.05, 4.69) is 42.2 Å². The Hall–Kier alpha value is -1.66. The van der Waals surface area contributed by atoms with Gasteiger partial charge < -0.3 is 10.2 Å². The number of carbonyl (C=O) groups excluding carboxylic acids is 3. The molecule has 3 aliphatic rings. The van der Waals surface area contributed by atoms with Crippen LogP contribution in [0.4, 0.5) is 0 Å². The number of nitrogens with zero attached hydrogens (tertiary/aromatic N) is 1. The average molecular weight is 415 g/mol. The number of hydrogen-bond acceptors (Lipinski definition) is 4. The molecule has 3 atom stereocenters. The number of fused-ring (bicyclic) bond motifs is 1. The lowest BCUT2D eigenvalue weighted by Crippen LogP contribution is -2.46. The van der Waals surface area contributed by atoms with Crippen molar-refractivity contribution in [2.75, 3.05) is 13.1 Å². The van der Waals surface area contributed by atoms with Crippen LogP contribution in [0.2, 0.25) is 0 Å². The summed E-state index contributed by atoms with van der Waals surface area (Å²) in [7, 11) is 0.